The van der Waals surface area contributed by atoms with Gasteiger partial charge in [0.15, 0.2) is 5.13 Å². The van der Waals surface area contributed by atoms with E-state index < -0.39 is 0 Å². The molecule has 2 nitrogen and oxygen atoms in total. The minimum Gasteiger partial charge on any atom is -0.348 e. The van der Waals surface area contributed by atoms with Crippen LogP contribution in [0, 0.1) is 11.8 Å². The molecule has 0 saturated carbocycles. The fraction of sp³-hybridized carbons (Fsp3) is 0.700. The highest BCUT2D eigenvalue weighted by Gasteiger charge is 2.25. The van der Waals surface area contributed by atoms with Crippen LogP contribution in [0.25, 0.3) is 0 Å². The quantitative estimate of drug-likeness (QED) is 0.723. The zero-order valence-corrected chi connectivity index (χ0v) is 9.05. The molecule has 3 heteroatoms. The van der Waals surface area contributed by atoms with E-state index in [1.54, 1.807) is 11.3 Å². The van der Waals surface area contributed by atoms with Crippen molar-refractivity contribution in [3.63, 3.8) is 0 Å². The molecule has 1 aliphatic rings. The highest BCUT2D eigenvalue weighted by molar-refractivity contribution is 7.13. The molecular weight excluding hydrogens is 180 g/mol. The summed E-state index contributed by atoms with van der Waals surface area (Å²) in [6.45, 7) is 7.02. The van der Waals surface area contributed by atoms with E-state index in [0.717, 1.165) is 11.8 Å². The van der Waals surface area contributed by atoms with Gasteiger partial charge in [0, 0.05) is 24.7 Å². The van der Waals surface area contributed by atoms with E-state index >= 15 is 0 Å². The summed E-state index contributed by atoms with van der Waals surface area (Å²) in [6, 6.07) is 0. The molecule has 0 spiro atoms. The lowest BCUT2D eigenvalue weighted by Gasteiger charge is -2.16. The van der Waals surface area contributed by atoms with Crippen molar-refractivity contribution < 1.29 is 0 Å². The largest absolute Gasteiger partial charge is 0.348 e. The second-order valence-corrected chi connectivity index (χ2v) is 4.93. The van der Waals surface area contributed by atoms with Crippen molar-refractivity contribution in [1.29, 1.82) is 0 Å². The summed E-state index contributed by atoms with van der Waals surface area (Å²) in [4.78, 5) is 6.75. The van der Waals surface area contributed by atoms with Crippen molar-refractivity contribution in [2.24, 2.45) is 11.8 Å². The van der Waals surface area contributed by atoms with Gasteiger partial charge >= 0.3 is 0 Å². The fourth-order valence-electron chi connectivity index (χ4n) is 1.88. The van der Waals surface area contributed by atoms with Gasteiger partial charge in [0.25, 0.3) is 0 Å². The predicted molar refractivity (Wildman–Crippen MR) is 57.3 cm³/mol. The molecule has 0 unspecified atom stereocenters. The van der Waals surface area contributed by atoms with Crippen LogP contribution in [0.1, 0.15) is 20.3 Å². The van der Waals surface area contributed by atoms with Crippen LogP contribution in [-0.4, -0.2) is 18.1 Å². The maximum atomic E-state index is 4.34. The molecule has 13 heavy (non-hydrogen) atoms. The summed E-state index contributed by atoms with van der Waals surface area (Å²) in [7, 11) is 0. The Labute approximate surface area is 83.6 Å². The Morgan fingerprint density at radius 1 is 1.62 bits per heavy atom. The number of hydrogen-bond donors (Lipinski definition) is 0. The number of rotatable bonds is 2. The van der Waals surface area contributed by atoms with Crippen LogP contribution in [0.3, 0.4) is 0 Å². The lowest BCUT2D eigenvalue weighted by atomic mass is 9.95. The minimum absolute atomic E-state index is 0.810. The Kier molecular flexibility index (Phi) is 2.54. The van der Waals surface area contributed by atoms with E-state index in [9.17, 15) is 0 Å². The summed E-state index contributed by atoms with van der Waals surface area (Å²) in [6.07, 6.45) is 3.22. The van der Waals surface area contributed by atoms with Gasteiger partial charge in [0.1, 0.15) is 0 Å². The van der Waals surface area contributed by atoms with Crippen molar-refractivity contribution >= 4 is 16.5 Å². The van der Waals surface area contributed by atoms with Gasteiger partial charge in [-0.2, -0.15) is 0 Å². The van der Waals surface area contributed by atoms with Crippen LogP contribution in [0.4, 0.5) is 5.13 Å². The molecule has 1 saturated heterocycles. The van der Waals surface area contributed by atoms with Crippen LogP contribution in [-0.2, 0) is 0 Å². The van der Waals surface area contributed by atoms with E-state index in [4.69, 9.17) is 0 Å². The molecule has 1 aromatic rings. The van der Waals surface area contributed by atoms with Crippen LogP contribution in [0.15, 0.2) is 11.6 Å². The molecule has 0 radical (unpaired) electrons. The van der Waals surface area contributed by atoms with Crippen molar-refractivity contribution in [1.82, 2.24) is 4.98 Å². The smallest absolute Gasteiger partial charge is 0.185 e. The van der Waals surface area contributed by atoms with Gasteiger partial charge in [-0.1, -0.05) is 13.8 Å². The molecule has 0 aliphatic carbocycles. The molecule has 0 bridgehead atoms. The average Bonchev–Trinajstić information content (AvgIpc) is 2.75. The first-order valence-corrected chi connectivity index (χ1v) is 5.80. The first kappa shape index (κ1) is 9.00. The average molecular weight is 196 g/mol. The third-order valence-electron chi connectivity index (χ3n) is 2.86. The number of nitrogens with zero attached hydrogens (tertiary/aromatic N) is 2. The van der Waals surface area contributed by atoms with E-state index in [2.05, 4.69) is 29.1 Å². The van der Waals surface area contributed by atoms with Crippen LogP contribution in [0.5, 0.6) is 0 Å². The second kappa shape index (κ2) is 3.66. The van der Waals surface area contributed by atoms with Gasteiger partial charge < -0.3 is 4.90 Å². The van der Waals surface area contributed by atoms with Crippen LogP contribution in [0.2, 0.25) is 0 Å². The number of anilines is 1. The SMILES string of the molecule is CC(C)[C@H]1CCN(c2nccs2)C1. The highest BCUT2D eigenvalue weighted by Crippen LogP contribution is 2.28. The van der Waals surface area contributed by atoms with E-state index in [-0.39, 0.29) is 0 Å². The number of hydrogen-bond acceptors (Lipinski definition) is 3. The van der Waals surface area contributed by atoms with Gasteiger partial charge in [-0.3, -0.25) is 0 Å². The number of aromatic nitrogens is 1. The van der Waals surface area contributed by atoms with Crippen LogP contribution >= 0.6 is 11.3 Å². The molecule has 1 aromatic heterocycles. The normalized spacial score (nSPS) is 23.0. The Balaban J connectivity index is 1.99. The summed E-state index contributed by atoms with van der Waals surface area (Å²) >= 11 is 1.75. The molecule has 2 heterocycles. The van der Waals surface area contributed by atoms with Crippen molar-refractivity contribution in [3.05, 3.63) is 11.6 Å². The van der Waals surface area contributed by atoms with Gasteiger partial charge in [-0.25, -0.2) is 4.98 Å². The molecule has 1 aliphatic heterocycles. The third-order valence-corrected chi connectivity index (χ3v) is 3.69. The Morgan fingerprint density at radius 2 is 2.46 bits per heavy atom. The summed E-state index contributed by atoms with van der Waals surface area (Å²) in [5.41, 5.74) is 0. The Bertz CT molecular complexity index is 256. The summed E-state index contributed by atoms with van der Waals surface area (Å²) in [5, 5.41) is 3.25. The van der Waals surface area contributed by atoms with Gasteiger partial charge in [0.05, 0.1) is 0 Å². The lowest BCUT2D eigenvalue weighted by Crippen LogP contribution is -2.20. The zero-order valence-electron chi connectivity index (χ0n) is 8.23. The molecule has 0 aromatic carbocycles. The molecule has 2 rings (SSSR count). The summed E-state index contributed by atoms with van der Waals surface area (Å²) in [5.74, 6) is 1.67. The predicted octanol–water partition coefficient (Wildman–Crippen LogP) is 2.63. The molecule has 0 amide bonds. The monoisotopic (exact) mass is 196 g/mol. The van der Waals surface area contributed by atoms with Gasteiger partial charge in [-0.05, 0) is 18.3 Å². The lowest BCUT2D eigenvalue weighted by molar-refractivity contribution is 0.423. The van der Waals surface area contributed by atoms with Gasteiger partial charge in [0.2, 0.25) is 0 Å². The first-order chi connectivity index (χ1) is 6.27. The Morgan fingerprint density at radius 3 is 3.00 bits per heavy atom. The third kappa shape index (κ3) is 1.85. The molecule has 1 atom stereocenters. The Hall–Kier alpha value is -0.570. The number of thiazole rings is 1. The van der Waals surface area contributed by atoms with Crippen molar-refractivity contribution in [2.75, 3.05) is 18.0 Å². The second-order valence-electron chi connectivity index (χ2n) is 4.05. The summed E-state index contributed by atoms with van der Waals surface area (Å²) < 4.78 is 0. The zero-order chi connectivity index (χ0) is 9.26. The van der Waals surface area contributed by atoms with E-state index in [0.29, 0.717) is 0 Å². The first-order valence-electron chi connectivity index (χ1n) is 4.92. The maximum Gasteiger partial charge on any atom is 0.185 e. The standard InChI is InChI=1S/C10H16N2S/c1-8(2)9-3-5-12(7-9)10-11-4-6-13-10/h4,6,8-9H,3,5,7H2,1-2H3/t9-/m0/s1. The van der Waals surface area contributed by atoms with Crippen molar-refractivity contribution in [3.8, 4) is 0 Å². The molecule has 0 N–H and O–H groups in total. The van der Waals surface area contributed by atoms with Crippen molar-refractivity contribution in [2.45, 2.75) is 20.3 Å². The minimum atomic E-state index is 0.810. The fourth-order valence-corrected chi connectivity index (χ4v) is 2.56. The highest BCUT2D eigenvalue weighted by atomic mass is 32.1. The van der Waals surface area contributed by atoms with E-state index in [1.807, 2.05) is 6.20 Å². The van der Waals surface area contributed by atoms with Gasteiger partial charge in [-0.15, -0.1) is 11.3 Å². The topological polar surface area (TPSA) is 16.1 Å². The van der Waals surface area contributed by atoms with E-state index in [1.165, 1.54) is 24.6 Å². The van der Waals surface area contributed by atoms with Crippen LogP contribution < -0.4 is 4.90 Å². The molecular formula is C10H16N2S. The molecule has 1 fully saturated rings. The maximum absolute atomic E-state index is 4.34. The molecule has 72 valence electrons.